The third kappa shape index (κ3) is 10.9. The summed E-state index contributed by atoms with van der Waals surface area (Å²) >= 11 is 0. The van der Waals surface area contributed by atoms with E-state index >= 15 is 0 Å². The summed E-state index contributed by atoms with van der Waals surface area (Å²) in [7, 11) is 0. The van der Waals surface area contributed by atoms with Gasteiger partial charge < -0.3 is 20.1 Å². The zero-order chi connectivity index (χ0) is 22.5. The van der Waals surface area contributed by atoms with E-state index < -0.39 is 23.7 Å². The molecule has 2 rings (SSSR count). The Hall–Kier alpha value is -3.22. The summed E-state index contributed by atoms with van der Waals surface area (Å²) < 4.78 is 0. The second kappa shape index (κ2) is 14.7. The number of carbonyl (C=O) groups is 3. The second-order valence-corrected chi connectivity index (χ2v) is 5.29. The van der Waals surface area contributed by atoms with E-state index in [0.717, 1.165) is 0 Å². The molecule has 31 heavy (non-hydrogen) atoms. The first-order valence-electron chi connectivity index (χ1n) is 8.11. The fraction of sp³-hybridized carbons (Fsp3) is 0.111. The minimum absolute atomic E-state index is 0. The number of nitrogens with zero attached hydrogens (tertiary/aromatic N) is 5. The number of hydrazone groups is 1. The van der Waals surface area contributed by atoms with Gasteiger partial charge >= 0.3 is 43.7 Å². The summed E-state index contributed by atoms with van der Waals surface area (Å²) in [4.78, 5) is 39.4. The smallest absolute Gasteiger partial charge is 0.857 e. The van der Waals surface area contributed by atoms with Crippen molar-refractivity contribution in [2.75, 3.05) is 0 Å². The first-order valence-corrected chi connectivity index (χ1v) is 8.11. The quantitative estimate of drug-likeness (QED) is 0.222. The number of carbonyl (C=O) groups excluding carboxylic acids is 2. The number of carboxylic acids is 2. The number of aliphatic carboxylic acids is 2. The molecule has 0 bridgehead atoms. The van der Waals surface area contributed by atoms with E-state index in [2.05, 4.69) is 30.7 Å². The topological polar surface area (TPSA) is 192 Å². The van der Waals surface area contributed by atoms with E-state index in [1.54, 1.807) is 0 Å². The largest absolute Gasteiger partial charge is 2.00 e. The molecule has 0 atom stereocenters. The van der Waals surface area contributed by atoms with Gasteiger partial charge in [-0.15, -0.1) is 0 Å². The van der Waals surface area contributed by atoms with Crippen molar-refractivity contribution < 1.29 is 29.7 Å². The minimum Gasteiger partial charge on any atom is -0.857 e. The second-order valence-electron chi connectivity index (χ2n) is 5.29. The SMILES string of the molecule is C/C(=N/N=C([O-])c1ccncc1)C(=O)[O-].C/C(=N/NC(=O)c1ccncc1)C(=O)O.[Ca+2]. The average Bonchev–Trinajstić information content (AvgIpc) is 2.76. The van der Waals surface area contributed by atoms with E-state index in [1.165, 1.54) is 62.9 Å². The van der Waals surface area contributed by atoms with Crippen LogP contribution in [0.25, 0.3) is 0 Å². The van der Waals surface area contributed by atoms with Gasteiger partial charge in [0.15, 0.2) is 0 Å². The monoisotopic (exact) mass is 452 g/mol. The van der Waals surface area contributed by atoms with Crippen LogP contribution in [0.3, 0.4) is 0 Å². The molecule has 0 aromatic carbocycles. The molecular formula is C18H16CaN6O6. The summed E-state index contributed by atoms with van der Waals surface area (Å²) in [5, 5.41) is 39.8. The van der Waals surface area contributed by atoms with Crippen molar-refractivity contribution in [3.8, 4) is 0 Å². The van der Waals surface area contributed by atoms with Gasteiger partial charge in [-0.25, -0.2) is 10.2 Å². The summed E-state index contributed by atoms with van der Waals surface area (Å²) in [6.45, 7) is 2.48. The number of pyridine rings is 2. The van der Waals surface area contributed by atoms with Gasteiger partial charge in [-0.3, -0.25) is 14.8 Å². The Kier molecular flexibility index (Phi) is 13.2. The standard InChI is InChI=1S/2C9H9N3O3.Ca/c2*1-6(9(14)15)11-12-8(13)7-2-4-10-5-3-7;/h2*2-5H,1H3,(H,12,13)(H,14,15);/q;;+2/p-2/b2*11-6-;. The molecule has 12 nitrogen and oxygen atoms in total. The molecule has 156 valence electrons. The zero-order valence-corrected chi connectivity index (χ0v) is 18.8. The van der Waals surface area contributed by atoms with Gasteiger partial charge in [-0.05, 0) is 43.7 Å². The molecule has 0 aliphatic carbocycles. The van der Waals surface area contributed by atoms with E-state index in [-0.39, 0.29) is 49.2 Å². The molecule has 0 fully saturated rings. The van der Waals surface area contributed by atoms with Gasteiger partial charge in [0.1, 0.15) is 5.71 Å². The number of rotatable bonds is 6. The van der Waals surface area contributed by atoms with E-state index in [4.69, 9.17) is 5.11 Å². The van der Waals surface area contributed by atoms with Crippen molar-refractivity contribution >= 4 is 72.9 Å². The molecule has 0 radical (unpaired) electrons. The number of amides is 1. The molecule has 0 saturated heterocycles. The molecule has 0 saturated carbocycles. The molecule has 0 aliphatic rings. The maximum Gasteiger partial charge on any atom is 2.00 e. The molecule has 2 aromatic rings. The van der Waals surface area contributed by atoms with Crippen molar-refractivity contribution in [2.45, 2.75) is 13.8 Å². The van der Waals surface area contributed by atoms with E-state index in [1.807, 2.05) is 0 Å². The molecule has 2 aromatic heterocycles. The summed E-state index contributed by atoms with van der Waals surface area (Å²) in [5.74, 6) is -3.73. The van der Waals surface area contributed by atoms with Crippen LogP contribution < -0.4 is 15.6 Å². The minimum atomic E-state index is -1.46. The van der Waals surface area contributed by atoms with Crippen LogP contribution in [0.2, 0.25) is 0 Å². The van der Waals surface area contributed by atoms with Gasteiger partial charge in [-0.1, -0.05) is 0 Å². The van der Waals surface area contributed by atoms with Gasteiger partial charge in [0.05, 0.1) is 11.7 Å². The normalized spacial score (nSPS) is 11.4. The number of nitrogens with one attached hydrogen (secondary N) is 1. The van der Waals surface area contributed by atoms with Crippen LogP contribution in [0, 0.1) is 0 Å². The first kappa shape index (κ1) is 27.8. The molecule has 2 heterocycles. The van der Waals surface area contributed by atoms with Crippen LogP contribution in [0.1, 0.15) is 29.8 Å². The van der Waals surface area contributed by atoms with E-state index in [0.29, 0.717) is 11.1 Å². The maximum atomic E-state index is 11.3. The summed E-state index contributed by atoms with van der Waals surface area (Å²) in [6, 6.07) is 5.91. The Balaban J connectivity index is 0.000000562. The summed E-state index contributed by atoms with van der Waals surface area (Å²) in [5.41, 5.74) is 2.25. The van der Waals surface area contributed by atoms with Gasteiger partial charge in [0, 0.05) is 36.2 Å². The number of aromatic nitrogens is 2. The van der Waals surface area contributed by atoms with E-state index in [9.17, 15) is 24.6 Å². The first-order chi connectivity index (χ1) is 14.2. The van der Waals surface area contributed by atoms with Crippen LogP contribution in [-0.2, 0) is 9.59 Å². The molecule has 2 N–H and O–H groups in total. The maximum absolute atomic E-state index is 11.3. The molecule has 1 amide bonds. The van der Waals surface area contributed by atoms with Crippen molar-refractivity contribution in [3.05, 3.63) is 60.2 Å². The zero-order valence-electron chi connectivity index (χ0n) is 16.6. The van der Waals surface area contributed by atoms with Crippen LogP contribution in [0.4, 0.5) is 0 Å². The van der Waals surface area contributed by atoms with Crippen molar-refractivity contribution in [1.82, 2.24) is 15.4 Å². The van der Waals surface area contributed by atoms with Crippen LogP contribution in [0.5, 0.6) is 0 Å². The Morgan fingerprint density at radius 2 is 1.35 bits per heavy atom. The van der Waals surface area contributed by atoms with Crippen LogP contribution in [-0.4, -0.2) is 88.0 Å². The van der Waals surface area contributed by atoms with Crippen molar-refractivity contribution in [1.29, 1.82) is 0 Å². The van der Waals surface area contributed by atoms with Crippen LogP contribution >= 0.6 is 0 Å². The third-order valence-corrected chi connectivity index (χ3v) is 3.09. The molecule has 0 unspecified atom stereocenters. The van der Waals surface area contributed by atoms with Crippen LogP contribution in [0.15, 0.2) is 64.4 Å². The Bertz CT molecular complexity index is 980. The fourth-order valence-corrected chi connectivity index (χ4v) is 1.46. The number of hydrogen-bond donors (Lipinski definition) is 2. The van der Waals surface area contributed by atoms with Gasteiger partial charge in [0.2, 0.25) is 0 Å². The summed E-state index contributed by atoms with van der Waals surface area (Å²) in [6.07, 6.45) is 5.78. The molecule has 13 heteroatoms. The third-order valence-electron chi connectivity index (χ3n) is 3.09. The van der Waals surface area contributed by atoms with Gasteiger partial charge in [-0.2, -0.15) is 15.3 Å². The predicted molar refractivity (Wildman–Crippen MR) is 107 cm³/mol. The van der Waals surface area contributed by atoms with Crippen molar-refractivity contribution in [2.24, 2.45) is 15.3 Å². The van der Waals surface area contributed by atoms with Crippen molar-refractivity contribution in [3.63, 3.8) is 0 Å². The van der Waals surface area contributed by atoms with Gasteiger partial charge in [0.25, 0.3) is 5.91 Å². The predicted octanol–water partition coefficient (Wildman–Crippen LogP) is -1.79. The average molecular weight is 452 g/mol. The molecule has 0 aliphatic heterocycles. The molecular weight excluding hydrogens is 436 g/mol. The fourth-order valence-electron chi connectivity index (χ4n) is 1.46. The Morgan fingerprint density at radius 3 is 1.81 bits per heavy atom. The number of carboxylic acid groups (broad SMARTS) is 2. The number of hydrogen-bond acceptors (Lipinski definition) is 10. The molecule has 0 spiro atoms. The Labute approximate surface area is 206 Å². The Morgan fingerprint density at radius 1 is 0.871 bits per heavy atom.